The van der Waals surface area contributed by atoms with E-state index in [-0.39, 0.29) is 4.90 Å². The third kappa shape index (κ3) is 3.27. The van der Waals surface area contributed by atoms with E-state index >= 15 is 0 Å². The molecule has 3 aromatic carbocycles. The molecule has 0 aromatic heterocycles. The van der Waals surface area contributed by atoms with Crippen molar-refractivity contribution in [2.45, 2.75) is 28.2 Å². The Hall–Kier alpha value is -2.21. The highest BCUT2D eigenvalue weighted by molar-refractivity contribution is 7.91. The molecule has 0 saturated carbocycles. The molecule has 0 amide bonds. The van der Waals surface area contributed by atoms with Crippen molar-refractivity contribution in [3.05, 3.63) is 72.3 Å². The molecule has 0 unspecified atom stereocenters. The van der Waals surface area contributed by atoms with Crippen LogP contribution in [0.3, 0.4) is 0 Å². The molecule has 0 bridgehead atoms. The van der Waals surface area contributed by atoms with Crippen LogP contribution in [0.4, 0.5) is 0 Å². The monoisotopic (exact) mass is 382 g/mol. The average molecular weight is 382 g/mol. The number of hydrogen-bond donors (Lipinski definition) is 0. The van der Waals surface area contributed by atoms with Crippen molar-refractivity contribution in [3.8, 4) is 0 Å². The second-order valence-electron chi connectivity index (χ2n) is 6.85. The van der Waals surface area contributed by atoms with E-state index in [0.717, 1.165) is 16.3 Å². The Labute approximate surface area is 159 Å². The van der Waals surface area contributed by atoms with E-state index in [1.807, 2.05) is 36.4 Å². The summed E-state index contributed by atoms with van der Waals surface area (Å²) in [6, 6.07) is 20.1. The molecule has 1 aliphatic rings. The molecular formula is C22H22O4S. The number of sulfone groups is 1. The molecule has 1 saturated heterocycles. The van der Waals surface area contributed by atoms with E-state index < -0.39 is 15.4 Å². The second-order valence-corrected chi connectivity index (χ2v) is 8.80. The summed E-state index contributed by atoms with van der Waals surface area (Å²) in [5.41, 5.74) is 0.392. The van der Waals surface area contributed by atoms with Crippen molar-refractivity contribution in [2.24, 2.45) is 0 Å². The Kier molecular flexibility index (Phi) is 4.76. The van der Waals surface area contributed by atoms with Crippen LogP contribution in [0.1, 0.15) is 18.4 Å². The SMILES string of the molecule is COC1(c2cccc(S(=O)(=O)c3ccc4ccccc4c3)c2)CCOCC1. The molecule has 1 fully saturated rings. The lowest BCUT2D eigenvalue weighted by atomic mass is 9.86. The van der Waals surface area contributed by atoms with Gasteiger partial charge in [0, 0.05) is 33.2 Å². The molecule has 0 atom stereocenters. The minimum absolute atomic E-state index is 0.290. The Morgan fingerprint density at radius 1 is 0.852 bits per heavy atom. The normalized spacial score (nSPS) is 17.1. The summed E-state index contributed by atoms with van der Waals surface area (Å²) in [6.07, 6.45) is 1.42. The maximum Gasteiger partial charge on any atom is 0.206 e. The quantitative estimate of drug-likeness (QED) is 0.674. The second kappa shape index (κ2) is 7.08. The highest BCUT2D eigenvalue weighted by atomic mass is 32.2. The van der Waals surface area contributed by atoms with Gasteiger partial charge in [-0.15, -0.1) is 0 Å². The minimum atomic E-state index is -3.61. The zero-order valence-corrected chi connectivity index (χ0v) is 16.0. The van der Waals surface area contributed by atoms with Gasteiger partial charge in [0.1, 0.15) is 0 Å². The van der Waals surface area contributed by atoms with Gasteiger partial charge in [-0.3, -0.25) is 0 Å². The van der Waals surface area contributed by atoms with Crippen molar-refractivity contribution in [1.82, 2.24) is 0 Å². The lowest BCUT2D eigenvalue weighted by Crippen LogP contribution is -2.35. The number of benzene rings is 3. The van der Waals surface area contributed by atoms with Crippen LogP contribution in [-0.2, 0) is 24.9 Å². The van der Waals surface area contributed by atoms with Crippen LogP contribution in [0, 0.1) is 0 Å². The summed E-state index contributed by atoms with van der Waals surface area (Å²) < 4.78 is 37.8. The summed E-state index contributed by atoms with van der Waals surface area (Å²) >= 11 is 0. The van der Waals surface area contributed by atoms with Crippen LogP contribution in [-0.4, -0.2) is 28.7 Å². The van der Waals surface area contributed by atoms with Gasteiger partial charge in [-0.25, -0.2) is 8.42 Å². The number of ether oxygens (including phenoxy) is 2. The average Bonchev–Trinajstić information content (AvgIpc) is 2.74. The van der Waals surface area contributed by atoms with Crippen LogP contribution in [0.15, 0.2) is 76.5 Å². The summed E-state index contributed by atoms with van der Waals surface area (Å²) in [6.45, 7) is 1.21. The van der Waals surface area contributed by atoms with Crippen molar-refractivity contribution in [3.63, 3.8) is 0 Å². The standard InChI is InChI=1S/C22H22O4S/c1-25-22(11-13-26-14-12-22)19-7-4-8-20(16-19)27(23,24)21-10-9-17-5-2-3-6-18(17)15-21/h2-10,15-16H,11-14H2,1H3. The summed E-state index contributed by atoms with van der Waals surface area (Å²) in [4.78, 5) is 0.593. The van der Waals surface area contributed by atoms with Gasteiger partial charge in [0.2, 0.25) is 9.84 Å². The fourth-order valence-electron chi connectivity index (χ4n) is 3.73. The van der Waals surface area contributed by atoms with Crippen molar-refractivity contribution in [1.29, 1.82) is 0 Å². The van der Waals surface area contributed by atoms with Crippen LogP contribution >= 0.6 is 0 Å². The molecule has 0 N–H and O–H groups in total. The first kappa shape index (κ1) is 18.2. The summed E-state index contributed by atoms with van der Waals surface area (Å²) in [5.74, 6) is 0. The molecule has 4 nitrogen and oxygen atoms in total. The van der Waals surface area contributed by atoms with Gasteiger partial charge in [0.05, 0.1) is 15.4 Å². The Morgan fingerprint density at radius 2 is 1.56 bits per heavy atom. The topological polar surface area (TPSA) is 52.6 Å². The van der Waals surface area contributed by atoms with Crippen molar-refractivity contribution < 1.29 is 17.9 Å². The molecule has 0 spiro atoms. The van der Waals surface area contributed by atoms with Gasteiger partial charge in [-0.05, 0) is 40.6 Å². The number of rotatable bonds is 4. The molecule has 1 aliphatic heterocycles. The molecular weight excluding hydrogens is 360 g/mol. The zero-order valence-electron chi connectivity index (χ0n) is 15.2. The number of methoxy groups -OCH3 is 1. The maximum atomic E-state index is 13.2. The third-order valence-corrected chi connectivity index (χ3v) is 7.14. The van der Waals surface area contributed by atoms with Gasteiger partial charge in [-0.1, -0.05) is 42.5 Å². The van der Waals surface area contributed by atoms with E-state index in [2.05, 4.69) is 0 Å². The zero-order chi connectivity index (χ0) is 18.9. The number of fused-ring (bicyclic) bond motifs is 1. The molecule has 4 rings (SSSR count). The maximum absolute atomic E-state index is 13.2. The van der Waals surface area contributed by atoms with Gasteiger partial charge in [0.15, 0.2) is 0 Å². The first-order chi connectivity index (χ1) is 13.0. The highest BCUT2D eigenvalue weighted by Gasteiger charge is 2.35. The molecule has 0 radical (unpaired) electrons. The molecule has 1 heterocycles. The van der Waals surface area contributed by atoms with Crippen molar-refractivity contribution >= 4 is 20.6 Å². The first-order valence-corrected chi connectivity index (χ1v) is 10.5. The summed E-state index contributed by atoms with van der Waals surface area (Å²) in [7, 11) is -1.94. The predicted molar refractivity (Wildman–Crippen MR) is 105 cm³/mol. The molecule has 5 heteroatoms. The highest BCUT2D eigenvalue weighted by Crippen LogP contribution is 2.37. The van der Waals surface area contributed by atoms with Crippen LogP contribution in [0.5, 0.6) is 0 Å². The minimum Gasteiger partial charge on any atom is -0.381 e. The Morgan fingerprint density at radius 3 is 2.30 bits per heavy atom. The third-order valence-electron chi connectivity index (χ3n) is 5.39. The Balaban J connectivity index is 1.77. The lowest BCUT2D eigenvalue weighted by molar-refractivity contribution is -0.0948. The largest absolute Gasteiger partial charge is 0.381 e. The first-order valence-electron chi connectivity index (χ1n) is 9.03. The van der Waals surface area contributed by atoms with E-state index in [1.54, 1.807) is 37.4 Å². The predicted octanol–water partition coefficient (Wildman–Crippen LogP) is 4.32. The number of hydrogen-bond acceptors (Lipinski definition) is 4. The Bertz CT molecular complexity index is 1070. The fraction of sp³-hybridized carbons (Fsp3) is 0.273. The van der Waals surface area contributed by atoms with E-state index in [4.69, 9.17) is 9.47 Å². The molecule has 27 heavy (non-hydrogen) atoms. The molecule has 140 valence electrons. The lowest BCUT2D eigenvalue weighted by Gasteiger charge is -2.36. The fourth-order valence-corrected chi connectivity index (χ4v) is 5.07. The smallest absolute Gasteiger partial charge is 0.206 e. The van der Waals surface area contributed by atoms with E-state index in [0.29, 0.717) is 31.0 Å². The summed E-state index contributed by atoms with van der Waals surface area (Å²) in [5, 5.41) is 1.93. The van der Waals surface area contributed by atoms with E-state index in [9.17, 15) is 8.42 Å². The van der Waals surface area contributed by atoms with E-state index in [1.165, 1.54) is 0 Å². The van der Waals surface area contributed by atoms with Gasteiger partial charge < -0.3 is 9.47 Å². The van der Waals surface area contributed by atoms with Crippen molar-refractivity contribution in [2.75, 3.05) is 20.3 Å². The van der Waals surface area contributed by atoms with Gasteiger partial charge in [-0.2, -0.15) is 0 Å². The molecule has 3 aromatic rings. The van der Waals surface area contributed by atoms with Crippen LogP contribution < -0.4 is 0 Å². The van der Waals surface area contributed by atoms with Gasteiger partial charge >= 0.3 is 0 Å². The molecule has 0 aliphatic carbocycles. The van der Waals surface area contributed by atoms with Crippen LogP contribution in [0.2, 0.25) is 0 Å². The van der Waals surface area contributed by atoms with Gasteiger partial charge in [0.25, 0.3) is 0 Å². The van der Waals surface area contributed by atoms with Crippen LogP contribution in [0.25, 0.3) is 10.8 Å².